The summed E-state index contributed by atoms with van der Waals surface area (Å²) in [6, 6.07) is 17.3. The van der Waals surface area contributed by atoms with Gasteiger partial charge in [-0.3, -0.25) is 4.79 Å². The van der Waals surface area contributed by atoms with Crippen LogP contribution in [0.25, 0.3) is 27.8 Å². The standard InChI is InChI=1S/C26H21F3N6O/c1-33(2)25-30-13-11-19(31-25)16-34-14-12-17(15-23(34)36)24-21-5-3-4-6-22(21)35(32-24)20-9-7-18(8-10-20)26(27,28)29/h3-15H,16H2,1-2H3. The first kappa shape index (κ1) is 23.3. The molecule has 0 fully saturated rings. The molecule has 10 heteroatoms. The molecule has 0 amide bonds. The molecule has 0 aliphatic heterocycles. The third-order valence-electron chi connectivity index (χ3n) is 5.73. The molecule has 0 aliphatic rings. The van der Waals surface area contributed by atoms with Crippen molar-refractivity contribution >= 4 is 16.9 Å². The van der Waals surface area contributed by atoms with Gasteiger partial charge in [0.15, 0.2) is 0 Å². The number of hydrogen-bond acceptors (Lipinski definition) is 5. The van der Waals surface area contributed by atoms with Gasteiger partial charge in [-0.25, -0.2) is 14.6 Å². The highest BCUT2D eigenvalue weighted by Crippen LogP contribution is 2.32. The number of halogens is 3. The fraction of sp³-hybridized carbons (Fsp3) is 0.154. The van der Waals surface area contributed by atoms with E-state index in [4.69, 9.17) is 0 Å². The predicted octanol–water partition coefficient (Wildman–Crippen LogP) is 4.78. The number of alkyl halides is 3. The van der Waals surface area contributed by atoms with E-state index in [9.17, 15) is 18.0 Å². The van der Waals surface area contributed by atoms with Crippen molar-refractivity contribution in [2.24, 2.45) is 0 Å². The Kier molecular flexibility index (Phi) is 5.79. The molecule has 5 aromatic rings. The van der Waals surface area contributed by atoms with Crippen LogP contribution < -0.4 is 10.5 Å². The van der Waals surface area contributed by atoms with Crippen LogP contribution in [0.2, 0.25) is 0 Å². The SMILES string of the molecule is CN(C)c1nccc(Cn2ccc(-c3nn(-c4ccc(C(F)(F)F)cc4)c4ccccc34)cc2=O)n1. The first-order valence-electron chi connectivity index (χ1n) is 11.1. The van der Waals surface area contributed by atoms with Crippen LogP contribution in [0.4, 0.5) is 19.1 Å². The van der Waals surface area contributed by atoms with E-state index < -0.39 is 11.7 Å². The number of rotatable bonds is 5. The van der Waals surface area contributed by atoms with Gasteiger partial charge in [-0.2, -0.15) is 18.3 Å². The minimum Gasteiger partial charge on any atom is -0.347 e. The van der Waals surface area contributed by atoms with Crippen LogP contribution >= 0.6 is 0 Å². The van der Waals surface area contributed by atoms with Crippen molar-refractivity contribution in [1.29, 1.82) is 0 Å². The van der Waals surface area contributed by atoms with E-state index in [0.717, 1.165) is 17.5 Å². The largest absolute Gasteiger partial charge is 0.416 e. The van der Waals surface area contributed by atoms with Gasteiger partial charge in [0.25, 0.3) is 5.56 Å². The Morgan fingerprint density at radius 2 is 1.72 bits per heavy atom. The van der Waals surface area contributed by atoms with Gasteiger partial charge in [0.2, 0.25) is 5.95 Å². The van der Waals surface area contributed by atoms with Gasteiger partial charge >= 0.3 is 6.18 Å². The monoisotopic (exact) mass is 490 g/mol. The number of benzene rings is 2. The smallest absolute Gasteiger partial charge is 0.347 e. The summed E-state index contributed by atoms with van der Waals surface area (Å²) in [7, 11) is 3.68. The number of fused-ring (bicyclic) bond motifs is 1. The molecule has 3 aromatic heterocycles. The van der Waals surface area contributed by atoms with Crippen LogP contribution in [0, 0.1) is 0 Å². The van der Waals surface area contributed by atoms with Crippen LogP contribution in [0.5, 0.6) is 0 Å². The summed E-state index contributed by atoms with van der Waals surface area (Å²) in [5.41, 5.74) is 2.11. The molecular formula is C26H21F3N6O. The molecule has 3 heterocycles. The van der Waals surface area contributed by atoms with E-state index in [-0.39, 0.29) is 12.1 Å². The molecule has 2 aromatic carbocycles. The normalized spacial score (nSPS) is 11.7. The Hall–Kier alpha value is -4.47. The molecule has 182 valence electrons. The van der Waals surface area contributed by atoms with Gasteiger partial charge in [0, 0.05) is 43.5 Å². The molecule has 0 bridgehead atoms. The molecule has 36 heavy (non-hydrogen) atoms. The maximum atomic E-state index is 13.0. The topological polar surface area (TPSA) is 68.8 Å². The fourth-order valence-corrected chi connectivity index (χ4v) is 3.92. The summed E-state index contributed by atoms with van der Waals surface area (Å²) < 4.78 is 42.1. The Bertz CT molecular complexity index is 1600. The zero-order valence-corrected chi connectivity index (χ0v) is 19.4. The van der Waals surface area contributed by atoms with Crippen LogP contribution in [0.1, 0.15) is 11.3 Å². The van der Waals surface area contributed by atoms with Crippen molar-refractivity contribution in [3.05, 3.63) is 101 Å². The van der Waals surface area contributed by atoms with Gasteiger partial charge in [0.1, 0.15) is 5.69 Å². The third-order valence-corrected chi connectivity index (χ3v) is 5.73. The lowest BCUT2D eigenvalue weighted by Gasteiger charge is -2.11. The average Bonchev–Trinajstić information content (AvgIpc) is 3.25. The maximum Gasteiger partial charge on any atom is 0.416 e. The summed E-state index contributed by atoms with van der Waals surface area (Å²) >= 11 is 0. The Balaban J connectivity index is 1.52. The second kappa shape index (κ2) is 8.95. The van der Waals surface area contributed by atoms with Crippen LogP contribution in [0.15, 0.2) is 83.9 Å². The predicted molar refractivity (Wildman–Crippen MR) is 131 cm³/mol. The van der Waals surface area contributed by atoms with Crippen molar-refractivity contribution in [3.63, 3.8) is 0 Å². The number of aromatic nitrogens is 5. The molecule has 5 rings (SSSR count). The van der Waals surface area contributed by atoms with Crippen molar-refractivity contribution in [2.45, 2.75) is 12.7 Å². The molecule has 0 saturated carbocycles. The maximum absolute atomic E-state index is 13.0. The van der Waals surface area contributed by atoms with E-state index in [1.54, 1.807) is 38.7 Å². The molecule has 0 saturated heterocycles. The van der Waals surface area contributed by atoms with Crippen molar-refractivity contribution < 1.29 is 13.2 Å². The van der Waals surface area contributed by atoms with E-state index >= 15 is 0 Å². The van der Waals surface area contributed by atoms with Gasteiger partial charge in [-0.15, -0.1) is 0 Å². The highest BCUT2D eigenvalue weighted by Gasteiger charge is 2.30. The highest BCUT2D eigenvalue weighted by atomic mass is 19.4. The lowest BCUT2D eigenvalue weighted by molar-refractivity contribution is -0.137. The summed E-state index contributed by atoms with van der Waals surface area (Å²) in [5.74, 6) is 0.553. The summed E-state index contributed by atoms with van der Waals surface area (Å²) in [6.45, 7) is 0.281. The quantitative estimate of drug-likeness (QED) is 0.355. The van der Waals surface area contributed by atoms with Crippen molar-refractivity contribution in [2.75, 3.05) is 19.0 Å². The van der Waals surface area contributed by atoms with Gasteiger partial charge in [-0.1, -0.05) is 18.2 Å². The lowest BCUT2D eigenvalue weighted by Crippen LogP contribution is -2.20. The minimum absolute atomic E-state index is 0.231. The zero-order valence-electron chi connectivity index (χ0n) is 19.4. The second-order valence-corrected chi connectivity index (χ2v) is 8.45. The summed E-state index contributed by atoms with van der Waals surface area (Å²) in [6.07, 6.45) is -1.09. The lowest BCUT2D eigenvalue weighted by atomic mass is 10.1. The fourth-order valence-electron chi connectivity index (χ4n) is 3.92. The second-order valence-electron chi connectivity index (χ2n) is 8.45. The van der Waals surface area contributed by atoms with Crippen molar-refractivity contribution in [3.8, 4) is 16.9 Å². The first-order valence-corrected chi connectivity index (χ1v) is 11.1. The number of pyridine rings is 1. The van der Waals surface area contributed by atoms with E-state index in [2.05, 4.69) is 15.1 Å². The number of nitrogens with zero attached hydrogens (tertiary/aromatic N) is 6. The molecule has 0 N–H and O–H groups in total. The summed E-state index contributed by atoms with van der Waals surface area (Å²) in [4.78, 5) is 23.4. The van der Waals surface area contributed by atoms with Crippen LogP contribution in [-0.2, 0) is 12.7 Å². The molecule has 0 aliphatic carbocycles. The van der Waals surface area contributed by atoms with Gasteiger partial charge in [0.05, 0.1) is 29.0 Å². The highest BCUT2D eigenvalue weighted by molar-refractivity contribution is 5.94. The number of anilines is 1. The third kappa shape index (κ3) is 4.45. The zero-order chi connectivity index (χ0) is 25.4. The molecule has 0 spiro atoms. The Labute approximate surface area is 204 Å². The number of para-hydroxylation sites is 1. The number of hydrogen-bond donors (Lipinski definition) is 0. The van der Waals surface area contributed by atoms with E-state index in [0.29, 0.717) is 34.1 Å². The first-order chi connectivity index (χ1) is 17.2. The molecule has 7 nitrogen and oxygen atoms in total. The minimum atomic E-state index is -4.42. The van der Waals surface area contributed by atoms with E-state index in [1.807, 2.05) is 38.4 Å². The van der Waals surface area contributed by atoms with Crippen LogP contribution in [-0.4, -0.2) is 38.4 Å². The van der Waals surface area contributed by atoms with Crippen molar-refractivity contribution in [1.82, 2.24) is 24.3 Å². The summed E-state index contributed by atoms with van der Waals surface area (Å²) in [5, 5.41) is 5.45. The molecule has 0 atom stereocenters. The Morgan fingerprint density at radius 3 is 2.42 bits per heavy atom. The molecule has 0 unspecified atom stereocenters. The average molecular weight is 490 g/mol. The van der Waals surface area contributed by atoms with Crippen LogP contribution in [0.3, 0.4) is 0 Å². The van der Waals surface area contributed by atoms with Gasteiger partial charge < -0.3 is 9.47 Å². The molecular weight excluding hydrogens is 469 g/mol. The molecule has 0 radical (unpaired) electrons. The van der Waals surface area contributed by atoms with Gasteiger partial charge in [-0.05, 0) is 42.5 Å². The van der Waals surface area contributed by atoms with E-state index in [1.165, 1.54) is 18.2 Å². The Morgan fingerprint density at radius 1 is 0.972 bits per heavy atom.